The Kier molecular flexibility index (Phi) is 13.2. The van der Waals surface area contributed by atoms with E-state index in [-0.39, 0.29) is 0 Å². The zero-order valence-corrected chi connectivity index (χ0v) is 14.6. The summed E-state index contributed by atoms with van der Waals surface area (Å²) in [5, 5.41) is 22.8. The maximum absolute atomic E-state index is 10.6. The van der Waals surface area contributed by atoms with Crippen LogP contribution in [-0.2, 0) is 14.4 Å². The Labute approximate surface area is 155 Å². The Hall–Kier alpha value is -2.09. The van der Waals surface area contributed by atoms with Gasteiger partial charge in [0.25, 0.3) is 0 Å². The van der Waals surface area contributed by atoms with Crippen LogP contribution in [0.3, 0.4) is 0 Å². The van der Waals surface area contributed by atoms with Gasteiger partial charge in [0.15, 0.2) is 0 Å². The minimum Gasteiger partial charge on any atom is -0.480 e. The van der Waals surface area contributed by atoms with Crippen LogP contribution in [0.5, 0.6) is 0 Å². The normalized spacial score (nSPS) is 16.0. The molecule has 0 aromatic heterocycles. The molecule has 0 aromatic carbocycles. The largest absolute Gasteiger partial charge is 0.490 e. The van der Waals surface area contributed by atoms with Crippen molar-refractivity contribution in [1.82, 2.24) is 4.90 Å². The minimum absolute atomic E-state index is 0.589. The summed E-state index contributed by atoms with van der Waals surface area (Å²) in [5.41, 5.74) is 5.41. The van der Waals surface area contributed by atoms with Gasteiger partial charge < -0.3 is 26.0 Å². The number of nitrogens with zero attached hydrogens (tertiary/aromatic N) is 1. The molecule has 8 nitrogen and oxygen atoms in total. The van der Waals surface area contributed by atoms with Crippen molar-refractivity contribution in [2.24, 2.45) is 5.73 Å². The third-order valence-electron chi connectivity index (χ3n) is 3.24. The predicted molar refractivity (Wildman–Crippen MR) is 82.5 cm³/mol. The molecule has 1 aliphatic heterocycles. The third kappa shape index (κ3) is 16.1. The first kappa shape index (κ1) is 28.1. The van der Waals surface area contributed by atoms with Crippen molar-refractivity contribution in [3.05, 3.63) is 0 Å². The summed E-state index contributed by atoms with van der Waals surface area (Å²) in [6, 6.07) is -0.681. The molecule has 28 heavy (non-hydrogen) atoms. The number of carboxylic acids is 3. The topological polar surface area (TPSA) is 141 Å². The van der Waals surface area contributed by atoms with Crippen molar-refractivity contribution < 1.29 is 56.0 Å². The number of alkyl halides is 6. The lowest BCUT2D eigenvalue weighted by atomic mass is 10.1. The molecule has 1 saturated heterocycles. The number of likely N-dealkylation sites (tertiary alicyclic amines) is 1. The summed E-state index contributed by atoms with van der Waals surface area (Å²) >= 11 is 0. The Morgan fingerprint density at radius 2 is 1.21 bits per heavy atom. The van der Waals surface area contributed by atoms with Gasteiger partial charge in [0, 0.05) is 0 Å². The minimum atomic E-state index is -5.08. The average Bonchev–Trinajstić information content (AvgIpc) is 2.55. The average molecular weight is 428 g/mol. The highest BCUT2D eigenvalue weighted by Crippen LogP contribution is 2.13. The van der Waals surface area contributed by atoms with E-state index in [0.29, 0.717) is 6.42 Å². The highest BCUT2D eigenvalue weighted by atomic mass is 19.4. The number of hydrogen-bond acceptors (Lipinski definition) is 5. The van der Waals surface area contributed by atoms with Crippen LogP contribution < -0.4 is 5.73 Å². The number of halogens is 6. The molecule has 0 saturated carbocycles. The van der Waals surface area contributed by atoms with Gasteiger partial charge in [-0.05, 0) is 45.3 Å². The molecule has 0 aliphatic carbocycles. The number of rotatable bonds is 5. The van der Waals surface area contributed by atoms with E-state index < -0.39 is 36.3 Å². The molecule has 0 aromatic rings. The van der Waals surface area contributed by atoms with Gasteiger partial charge in [-0.25, -0.2) is 9.59 Å². The maximum Gasteiger partial charge on any atom is 0.490 e. The van der Waals surface area contributed by atoms with Crippen molar-refractivity contribution >= 4 is 17.9 Å². The first-order chi connectivity index (χ1) is 12.6. The lowest BCUT2D eigenvalue weighted by molar-refractivity contribution is -0.193. The quantitative estimate of drug-likeness (QED) is 0.487. The van der Waals surface area contributed by atoms with Crippen LogP contribution in [0, 0.1) is 0 Å². The zero-order chi connectivity index (χ0) is 22.5. The lowest BCUT2D eigenvalue weighted by Crippen LogP contribution is -2.34. The number of nitrogens with two attached hydrogens (primary N) is 1. The fourth-order valence-electron chi connectivity index (χ4n) is 1.84. The SMILES string of the molecule is N[C@@H](CCCN1CCCCC1)C(=O)O.O=C(O)C(F)(F)F.O=C(O)C(F)(F)F. The molecule has 1 heterocycles. The van der Waals surface area contributed by atoms with Crippen LogP contribution in [0.2, 0.25) is 0 Å². The molecule has 0 radical (unpaired) electrons. The molecule has 0 amide bonds. The molecule has 14 heteroatoms. The third-order valence-corrected chi connectivity index (χ3v) is 3.24. The molecule has 5 N–H and O–H groups in total. The molecule has 1 atom stereocenters. The van der Waals surface area contributed by atoms with Crippen molar-refractivity contribution in [1.29, 1.82) is 0 Å². The van der Waals surface area contributed by atoms with E-state index in [9.17, 15) is 31.1 Å². The van der Waals surface area contributed by atoms with Gasteiger partial charge in [-0.3, -0.25) is 4.79 Å². The predicted octanol–water partition coefficient (Wildman–Crippen LogP) is 1.93. The summed E-state index contributed by atoms with van der Waals surface area (Å²) < 4.78 is 63.5. The Morgan fingerprint density at radius 1 is 0.857 bits per heavy atom. The summed E-state index contributed by atoms with van der Waals surface area (Å²) in [5.74, 6) is -6.40. The van der Waals surface area contributed by atoms with Gasteiger partial charge in [-0.2, -0.15) is 26.3 Å². The number of aliphatic carboxylic acids is 3. The monoisotopic (exact) mass is 428 g/mol. The van der Waals surface area contributed by atoms with E-state index in [1.807, 2.05) is 0 Å². The van der Waals surface area contributed by atoms with E-state index in [1.165, 1.54) is 32.4 Å². The van der Waals surface area contributed by atoms with Crippen LogP contribution in [0.1, 0.15) is 32.1 Å². The summed E-state index contributed by atoms with van der Waals surface area (Å²) in [4.78, 5) is 30.6. The van der Waals surface area contributed by atoms with E-state index in [0.717, 1.165) is 13.0 Å². The molecule has 1 rings (SSSR count). The van der Waals surface area contributed by atoms with Gasteiger partial charge in [0.2, 0.25) is 0 Å². The molecule has 0 spiro atoms. The van der Waals surface area contributed by atoms with Crippen molar-refractivity contribution in [3.63, 3.8) is 0 Å². The highest BCUT2D eigenvalue weighted by Gasteiger charge is 2.38. The van der Waals surface area contributed by atoms with Gasteiger partial charge >= 0.3 is 30.3 Å². The number of piperidine rings is 1. The van der Waals surface area contributed by atoms with E-state index in [1.54, 1.807) is 0 Å². The van der Waals surface area contributed by atoms with Crippen LogP contribution in [0.25, 0.3) is 0 Å². The molecule has 1 aliphatic rings. The van der Waals surface area contributed by atoms with E-state index in [4.69, 9.17) is 30.6 Å². The van der Waals surface area contributed by atoms with Crippen molar-refractivity contribution in [2.75, 3.05) is 19.6 Å². The molecular formula is C14H22F6N2O6. The number of carbonyl (C=O) groups is 3. The first-order valence-corrected chi connectivity index (χ1v) is 7.90. The molecular weight excluding hydrogens is 406 g/mol. The number of carboxylic acid groups (broad SMARTS) is 3. The van der Waals surface area contributed by atoms with Gasteiger partial charge in [0.1, 0.15) is 6.04 Å². The summed E-state index contributed by atoms with van der Waals surface area (Å²) in [6.45, 7) is 3.34. The fourth-order valence-corrected chi connectivity index (χ4v) is 1.84. The second-order valence-electron chi connectivity index (χ2n) is 5.60. The van der Waals surface area contributed by atoms with Gasteiger partial charge in [0.05, 0.1) is 0 Å². The summed E-state index contributed by atoms with van der Waals surface area (Å²) in [6.07, 6.45) is -4.78. The molecule has 1 fully saturated rings. The van der Waals surface area contributed by atoms with Crippen molar-refractivity contribution in [2.45, 2.75) is 50.5 Å². The lowest BCUT2D eigenvalue weighted by Gasteiger charge is -2.26. The van der Waals surface area contributed by atoms with Crippen LogP contribution in [-0.4, -0.2) is 76.2 Å². The van der Waals surface area contributed by atoms with Crippen LogP contribution in [0.4, 0.5) is 26.3 Å². The van der Waals surface area contributed by atoms with Gasteiger partial charge in [-0.15, -0.1) is 0 Å². The fraction of sp³-hybridized carbons (Fsp3) is 0.786. The zero-order valence-electron chi connectivity index (χ0n) is 14.6. The Morgan fingerprint density at radius 3 is 1.50 bits per heavy atom. The Bertz CT molecular complexity index is 468. The van der Waals surface area contributed by atoms with Crippen molar-refractivity contribution in [3.8, 4) is 0 Å². The number of hydrogen-bond donors (Lipinski definition) is 4. The second-order valence-corrected chi connectivity index (χ2v) is 5.60. The highest BCUT2D eigenvalue weighted by molar-refractivity contribution is 5.73. The Balaban J connectivity index is 0. The second kappa shape index (κ2) is 13.1. The summed E-state index contributed by atoms with van der Waals surface area (Å²) in [7, 11) is 0. The van der Waals surface area contributed by atoms with Crippen LogP contribution >= 0.6 is 0 Å². The molecule has 0 bridgehead atoms. The first-order valence-electron chi connectivity index (χ1n) is 7.90. The van der Waals surface area contributed by atoms with E-state index in [2.05, 4.69) is 4.90 Å². The van der Waals surface area contributed by atoms with Crippen LogP contribution in [0.15, 0.2) is 0 Å². The van der Waals surface area contributed by atoms with Gasteiger partial charge in [-0.1, -0.05) is 6.42 Å². The molecule has 166 valence electrons. The standard InChI is InChI=1S/C10H20N2O2.2C2HF3O2/c11-9(10(13)14)5-4-8-12-6-2-1-3-7-12;2*3-2(4,5)1(6)7/h9H,1-8,11H2,(H,13,14);2*(H,6,7)/t9-;;/m0../s1. The van der Waals surface area contributed by atoms with E-state index >= 15 is 0 Å². The maximum atomic E-state index is 10.6. The smallest absolute Gasteiger partial charge is 0.480 e. The molecule has 0 unspecified atom stereocenters.